The van der Waals surface area contributed by atoms with Crippen LogP contribution >= 0.6 is 0 Å². The van der Waals surface area contributed by atoms with Crippen molar-refractivity contribution in [2.24, 2.45) is 0 Å². The number of anilines is 1. The molecule has 0 aromatic carbocycles. The number of rotatable bonds is 3. The molecule has 1 aromatic rings. The van der Waals surface area contributed by atoms with Crippen molar-refractivity contribution in [3.05, 3.63) is 35.7 Å². The molecule has 1 rings (SSSR count). The van der Waals surface area contributed by atoms with E-state index in [-0.39, 0.29) is 5.97 Å². The lowest BCUT2D eigenvalue weighted by molar-refractivity contribution is -0.134. The van der Waals surface area contributed by atoms with Gasteiger partial charge in [0.25, 0.3) is 0 Å². The third-order valence-electron chi connectivity index (χ3n) is 1.86. The van der Waals surface area contributed by atoms with E-state index in [1.807, 2.05) is 19.1 Å². The van der Waals surface area contributed by atoms with Gasteiger partial charge in [0.2, 0.25) is 0 Å². The molecule has 80 valence electrons. The van der Waals surface area contributed by atoms with Crippen LogP contribution in [0.15, 0.2) is 30.1 Å². The molecule has 0 amide bonds. The van der Waals surface area contributed by atoms with Crippen LogP contribution in [0.1, 0.15) is 12.5 Å². The predicted molar refractivity (Wildman–Crippen MR) is 58.4 cm³/mol. The third-order valence-corrected chi connectivity index (χ3v) is 1.86. The zero-order chi connectivity index (χ0) is 11.3. The lowest BCUT2D eigenvalue weighted by Gasteiger charge is -2.07. The number of ether oxygens (including phenoxy) is 1. The van der Waals surface area contributed by atoms with Gasteiger partial charge in [-0.05, 0) is 25.5 Å². The maximum atomic E-state index is 10.9. The number of carbonyl (C=O) groups excluding carboxylic acids is 1. The van der Waals surface area contributed by atoms with Crippen molar-refractivity contribution in [2.75, 3.05) is 12.4 Å². The van der Waals surface area contributed by atoms with E-state index in [4.69, 9.17) is 0 Å². The van der Waals surface area contributed by atoms with E-state index >= 15 is 0 Å². The smallest absolute Gasteiger partial charge is 0.332 e. The molecular formula is C11H14N2O2. The van der Waals surface area contributed by atoms with E-state index in [2.05, 4.69) is 15.0 Å². The Labute approximate surface area is 89.0 Å². The molecule has 0 saturated heterocycles. The van der Waals surface area contributed by atoms with Crippen LogP contribution in [0.4, 0.5) is 5.82 Å². The molecule has 0 aliphatic carbocycles. The Hall–Kier alpha value is -1.84. The van der Waals surface area contributed by atoms with Gasteiger partial charge in [0, 0.05) is 18.0 Å². The van der Waals surface area contributed by atoms with Gasteiger partial charge in [-0.3, -0.25) is 0 Å². The van der Waals surface area contributed by atoms with Crippen LogP contribution in [-0.4, -0.2) is 18.1 Å². The highest BCUT2D eigenvalue weighted by Crippen LogP contribution is 2.11. The zero-order valence-electron chi connectivity index (χ0n) is 9.07. The molecule has 1 heterocycles. The molecule has 0 unspecified atom stereocenters. The van der Waals surface area contributed by atoms with Crippen LogP contribution in [0.5, 0.6) is 0 Å². The summed E-state index contributed by atoms with van der Waals surface area (Å²) >= 11 is 0. The van der Waals surface area contributed by atoms with Gasteiger partial charge < -0.3 is 10.1 Å². The second kappa shape index (κ2) is 5.14. The van der Waals surface area contributed by atoms with Gasteiger partial charge in [-0.1, -0.05) is 6.07 Å². The van der Waals surface area contributed by atoms with E-state index < -0.39 is 0 Å². The summed E-state index contributed by atoms with van der Waals surface area (Å²) < 4.78 is 4.51. The van der Waals surface area contributed by atoms with E-state index in [1.165, 1.54) is 13.2 Å². The van der Waals surface area contributed by atoms with Crippen LogP contribution in [0.2, 0.25) is 0 Å². The Morgan fingerprint density at radius 3 is 2.93 bits per heavy atom. The van der Waals surface area contributed by atoms with Gasteiger partial charge in [-0.2, -0.15) is 0 Å². The number of nitrogens with zero attached hydrogens (tertiary/aromatic N) is 1. The van der Waals surface area contributed by atoms with E-state index in [9.17, 15) is 4.79 Å². The van der Waals surface area contributed by atoms with Crippen LogP contribution in [0.25, 0.3) is 0 Å². The quantitative estimate of drug-likeness (QED) is 0.606. The second-order valence-electron chi connectivity index (χ2n) is 3.14. The fourth-order valence-corrected chi connectivity index (χ4v) is 1.08. The molecule has 1 N–H and O–H groups in total. The minimum Gasteiger partial charge on any atom is -0.466 e. The standard InChI is InChI=1S/C11H14N2O2/c1-8-5-4-6-12-11(8)13-9(2)7-10(14)15-3/h4-7H,1-3H3,(H,12,13)/b9-7+. The summed E-state index contributed by atoms with van der Waals surface area (Å²) in [4.78, 5) is 15.1. The van der Waals surface area contributed by atoms with E-state index in [0.29, 0.717) is 5.70 Å². The third kappa shape index (κ3) is 3.42. The highest BCUT2D eigenvalue weighted by Gasteiger charge is 2.00. The van der Waals surface area contributed by atoms with Gasteiger partial charge in [-0.15, -0.1) is 0 Å². The molecule has 15 heavy (non-hydrogen) atoms. The monoisotopic (exact) mass is 206 g/mol. The second-order valence-corrected chi connectivity index (χ2v) is 3.14. The molecular weight excluding hydrogens is 192 g/mol. The number of allylic oxidation sites excluding steroid dienone is 1. The molecule has 0 bridgehead atoms. The average Bonchev–Trinajstić information content (AvgIpc) is 2.21. The van der Waals surface area contributed by atoms with Crippen molar-refractivity contribution in [1.82, 2.24) is 4.98 Å². The van der Waals surface area contributed by atoms with Crippen molar-refractivity contribution in [3.63, 3.8) is 0 Å². The molecule has 4 heteroatoms. The van der Waals surface area contributed by atoms with Crippen LogP contribution in [0.3, 0.4) is 0 Å². The highest BCUT2D eigenvalue weighted by molar-refractivity contribution is 5.83. The van der Waals surface area contributed by atoms with Gasteiger partial charge in [0.15, 0.2) is 0 Å². The summed E-state index contributed by atoms with van der Waals surface area (Å²) in [5, 5.41) is 3.02. The average molecular weight is 206 g/mol. The minimum absolute atomic E-state index is 0.381. The molecule has 0 aliphatic heterocycles. The first-order valence-electron chi connectivity index (χ1n) is 4.58. The largest absolute Gasteiger partial charge is 0.466 e. The van der Waals surface area contributed by atoms with E-state index in [1.54, 1.807) is 13.1 Å². The summed E-state index contributed by atoms with van der Waals surface area (Å²) in [7, 11) is 1.35. The van der Waals surface area contributed by atoms with Crippen molar-refractivity contribution >= 4 is 11.8 Å². The Morgan fingerprint density at radius 1 is 1.60 bits per heavy atom. The van der Waals surface area contributed by atoms with E-state index in [0.717, 1.165) is 11.4 Å². The number of hydrogen-bond acceptors (Lipinski definition) is 4. The van der Waals surface area contributed by atoms with Crippen molar-refractivity contribution in [2.45, 2.75) is 13.8 Å². The number of aromatic nitrogens is 1. The maximum Gasteiger partial charge on any atom is 0.332 e. The zero-order valence-corrected chi connectivity index (χ0v) is 9.07. The molecule has 1 aromatic heterocycles. The van der Waals surface area contributed by atoms with Gasteiger partial charge in [0.05, 0.1) is 7.11 Å². The fourth-order valence-electron chi connectivity index (χ4n) is 1.08. The van der Waals surface area contributed by atoms with Gasteiger partial charge in [-0.25, -0.2) is 9.78 Å². The first kappa shape index (κ1) is 11.2. The summed E-state index contributed by atoms with van der Waals surface area (Å²) in [6.07, 6.45) is 3.08. The summed E-state index contributed by atoms with van der Waals surface area (Å²) in [6, 6.07) is 3.81. The summed E-state index contributed by atoms with van der Waals surface area (Å²) in [6.45, 7) is 3.73. The van der Waals surface area contributed by atoms with Gasteiger partial charge >= 0.3 is 5.97 Å². The SMILES string of the molecule is COC(=O)/C=C(\C)Nc1ncccc1C. The first-order chi connectivity index (χ1) is 7.13. The number of carbonyl (C=O) groups is 1. The van der Waals surface area contributed by atoms with Crippen LogP contribution in [-0.2, 0) is 9.53 Å². The maximum absolute atomic E-state index is 10.9. The Kier molecular flexibility index (Phi) is 3.85. The topological polar surface area (TPSA) is 51.2 Å². The summed E-state index contributed by atoms with van der Waals surface area (Å²) in [5.41, 5.74) is 1.72. The first-order valence-corrected chi connectivity index (χ1v) is 4.58. The molecule has 0 aliphatic rings. The molecule has 0 spiro atoms. The Morgan fingerprint density at radius 2 is 2.33 bits per heavy atom. The van der Waals surface area contributed by atoms with Crippen molar-refractivity contribution in [3.8, 4) is 0 Å². The lowest BCUT2D eigenvalue weighted by atomic mass is 10.3. The number of nitrogens with one attached hydrogen (secondary N) is 1. The number of pyridine rings is 1. The fraction of sp³-hybridized carbons (Fsp3) is 0.273. The molecule has 0 radical (unpaired) electrons. The van der Waals surface area contributed by atoms with Crippen LogP contribution in [0, 0.1) is 6.92 Å². The highest BCUT2D eigenvalue weighted by atomic mass is 16.5. The predicted octanol–water partition coefficient (Wildman–Crippen LogP) is 1.88. The normalized spacial score (nSPS) is 11.0. The Balaban J connectivity index is 2.74. The number of methoxy groups -OCH3 is 1. The number of aryl methyl sites for hydroxylation is 1. The van der Waals surface area contributed by atoms with Crippen molar-refractivity contribution < 1.29 is 9.53 Å². The summed E-state index contributed by atoms with van der Waals surface area (Å²) in [5.74, 6) is 0.365. The number of esters is 1. The van der Waals surface area contributed by atoms with Crippen molar-refractivity contribution in [1.29, 1.82) is 0 Å². The molecule has 0 atom stereocenters. The number of hydrogen-bond donors (Lipinski definition) is 1. The van der Waals surface area contributed by atoms with Crippen LogP contribution < -0.4 is 5.32 Å². The molecule has 4 nitrogen and oxygen atoms in total. The lowest BCUT2D eigenvalue weighted by Crippen LogP contribution is -2.04. The van der Waals surface area contributed by atoms with Gasteiger partial charge in [0.1, 0.15) is 5.82 Å². The molecule has 0 fully saturated rings. The molecule has 0 saturated carbocycles. The Bertz CT molecular complexity index is 386. The minimum atomic E-state index is -0.381.